The van der Waals surface area contributed by atoms with Crippen molar-refractivity contribution in [2.75, 3.05) is 60.3 Å². The van der Waals surface area contributed by atoms with Crippen molar-refractivity contribution in [2.45, 2.75) is 31.3 Å². The van der Waals surface area contributed by atoms with Crippen molar-refractivity contribution >= 4 is 10.0 Å². The van der Waals surface area contributed by atoms with Gasteiger partial charge in [-0.3, -0.25) is 0 Å². The molecule has 0 aromatic heterocycles. The number of ether oxygens (including phenoxy) is 3. The lowest BCUT2D eigenvalue weighted by Crippen LogP contribution is -2.47. The number of benzene rings is 1. The predicted molar refractivity (Wildman–Crippen MR) is 109 cm³/mol. The monoisotopic (exact) mass is 412 g/mol. The topological polar surface area (TPSA) is 68.3 Å². The van der Waals surface area contributed by atoms with Gasteiger partial charge in [-0.25, -0.2) is 12.7 Å². The summed E-state index contributed by atoms with van der Waals surface area (Å²) < 4.78 is 42.4. The molecule has 1 spiro atoms. The summed E-state index contributed by atoms with van der Waals surface area (Å²) in [5.41, 5.74) is 2.21. The number of hydrogen-bond donors (Lipinski definition) is 0. The van der Waals surface area contributed by atoms with Crippen LogP contribution in [0.2, 0.25) is 0 Å². The zero-order chi connectivity index (χ0) is 20.4. The third-order valence-electron chi connectivity index (χ3n) is 5.95. The SMILES string of the molecule is COc1cc2c(cc1OC)C1(CCN(CCCS(=O)(=O)N(C)C)CC1)OCC2. The number of hydrogen-bond acceptors (Lipinski definition) is 6. The molecule has 2 aliphatic heterocycles. The number of piperidine rings is 1. The number of likely N-dealkylation sites (tertiary alicyclic amines) is 1. The summed E-state index contributed by atoms with van der Waals surface area (Å²) >= 11 is 0. The molecule has 158 valence electrons. The van der Waals surface area contributed by atoms with E-state index in [1.54, 1.807) is 28.3 Å². The molecule has 8 heteroatoms. The van der Waals surface area contributed by atoms with E-state index in [0.29, 0.717) is 13.0 Å². The molecule has 0 bridgehead atoms. The summed E-state index contributed by atoms with van der Waals surface area (Å²) in [6.07, 6.45) is 3.32. The van der Waals surface area contributed by atoms with Crippen LogP contribution in [0.4, 0.5) is 0 Å². The van der Waals surface area contributed by atoms with Crippen LogP contribution in [0.5, 0.6) is 11.5 Å². The molecule has 0 saturated carbocycles. The number of rotatable bonds is 7. The van der Waals surface area contributed by atoms with Crippen molar-refractivity contribution in [1.29, 1.82) is 0 Å². The molecule has 0 N–H and O–H groups in total. The van der Waals surface area contributed by atoms with E-state index in [4.69, 9.17) is 14.2 Å². The van der Waals surface area contributed by atoms with Gasteiger partial charge in [0.1, 0.15) is 0 Å². The fourth-order valence-corrected chi connectivity index (χ4v) is 5.05. The van der Waals surface area contributed by atoms with Gasteiger partial charge in [-0.05, 0) is 55.5 Å². The molecule has 1 aromatic rings. The average molecular weight is 413 g/mol. The lowest BCUT2D eigenvalue weighted by molar-refractivity contribution is -0.0979. The van der Waals surface area contributed by atoms with E-state index in [9.17, 15) is 8.42 Å². The van der Waals surface area contributed by atoms with Crippen molar-refractivity contribution in [3.8, 4) is 11.5 Å². The second kappa shape index (κ2) is 8.57. The minimum atomic E-state index is -3.12. The molecular formula is C20H32N2O5S. The Hall–Kier alpha value is -1.35. The maximum atomic E-state index is 11.9. The van der Waals surface area contributed by atoms with Gasteiger partial charge in [0.25, 0.3) is 0 Å². The molecule has 0 amide bonds. The Bertz CT molecular complexity index is 786. The van der Waals surface area contributed by atoms with Crippen LogP contribution in [0.1, 0.15) is 30.4 Å². The highest BCUT2D eigenvalue weighted by Gasteiger charge is 2.41. The molecule has 2 heterocycles. The van der Waals surface area contributed by atoms with Gasteiger partial charge in [0.05, 0.1) is 32.2 Å². The van der Waals surface area contributed by atoms with E-state index in [1.165, 1.54) is 15.4 Å². The normalized spacial score (nSPS) is 19.6. The highest BCUT2D eigenvalue weighted by molar-refractivity contribution is 7.89. The minimum Gasteiger partial charge on any atom is -0.493 e. The molecule has 3 rings (SSSR count). The molecule has 0 atom stereocenters. The average Bonchev–Trinajstić information content (AvgIpc) is 2.68. The van der Waals surface area contributed by atoms with E-state index >= 15 is 0 Å². The van der Waals surface area contributed by atoms with Crippen molar-refractivity contribution in [3.05, 3.63) is 23.3 Å². The summed E-state index contributed by atoms with van der Waals surface area (Å²) in [5, 5.41) is 0. The molecule has 1 aromatic carbocycles. The first-order chi connectivity index (χ1) is 13.3. The summed E-state index contributed by atoms with van der Waals surface area (Å²) in [7, 11) is 3.36. The van der Waals surface area contributed by atoms with Crippen LogP contribution in [0.15, 0.2) is 12.1 Å². The smallest absolute Gasteiger partial charge is 0.213 e. The largest absolute Gasteiger partial charge is 0.493 e. The van der Waals surface area contributed by atoms with Gasteiger partial charge in [-0.2, -0.15) is 0 Å². The summed E-state index contributed by atoms with van der Waals surface area (Å²) in [5.74, 6) is 1.69. The molecule has 0 unspecified atom stereocenters. The zero-order valence-corrected chi connectivity index (χ0v) is 18.2. The molecule has 2 aliphatic rings. The van der Waals surface area contributed by atoms with E-state index < -0.39 is 10.0 Å². The van der Waals surface area contributed by atoms with Gasteiger partial charge in [0, 0.05) is 27.2 Å². The fourth-order valence-electron chi connectivity index (χ4n) is 4.19. The Morgan fingerprint density at radius 1 is 1.14 bits per heavy atom. The molecule has 0 radical (unpaired) electrons. The maximum Gasteiger partial charge on any atom is 0.213 e. The van der Waals surface area contributed by atoms with Gasteiger partial charge < -0.3 is 19.1 Å². The Kier molecular flexibility index (Phi) is 6.54. The van der Waals surface area contributed by atoms with Gasteiger partial charge in [0.15, 0.2) is 11.5 Å². The van der Waals surface area contributed by atoms with E-state index in [1.807, 2.05) is 0 Å². The van der Waals surface area contributed by atoms with Gasteiger partial charge in [0.2, 0.25) is 10.0 Å². The van der Waals surface area contributed by atoms with Crippen LogP contribution in [-0.2, 0) is 26.8 Å². The van der Waals surface area contributed by atoms with Crippen LogP contribution < -0.4 is 9.47 Å². The van der Waals surface area contributed by atoms with Crippen molar-refractivity contribution in [2.24, 2.45) is 0 Å². The highest BCUT2D eigenvalue weighted by Crippen LogP contribution is 2.45. The number of methoxy groups -OCH3 is 2. The van der Waals surface area contributed by atoms with Gasteiger partial charge in [-0.1, -0.05) is 0 Å². The first-order valence-electron chi connectivity index (χ1n) is 9.83. The number of fused-ring (bicyclic) bond motifs is 2. The lowest BCUT2D eigenvalue weighted by Gasteiger charge is -2.45. The van der Waals surface area contributed by atoms with Crippen molar-refractivity contribution < 1.29 is 22.6 Å². The molecule has 0 aliphatic carbocycles. The van der Waals surface area contributed by atoms with Gasteiger partial charge >= 0.3 is 0 Å². The van der Waals surface area contributed by atoms with Crippen LogP contribution in [0.25, 0.3) is 0 Å². The molecule has 1 saturated heterocycles. The fraction of sp³-hybridized carbons (Fsp3) is 0.700. The van der Waals surface area contributed by atoms with E-state index in [-0.39, 0.29) is 11.4 Å². The van der Waals surface area contributed by atoms with Crippen LogP contribution >= 0.6 is 0 Å². The summed E-state index contributed by atoms with van der Waals surface area (Å²) in [4.78, 5) is 2.34. The number of nitrogens with zero attached hydrogens (tertiary/aromatic N) is 2. The van der Waals surface area contributed by atoms with Gasteiger partial charge in [-0.15, -0.1) is 0 Å². The lowest BCUT2D eigenvalue weighted by atomic mass is 9.79. The highest BCUT2D eigenvalue weighted by atomic mass is 32.2. The molecule has 28 heavy (non-hydrogen) atoms. The van der Waals surface area contributed by atoms with Crippen LogP contribution in [-0.4, -0.2) is 77.9 Å². The standard InChI is InChI=1S/C20H32N2O5S/c1-21(2)28(23,24)13-5-9-22-10-7-20(8-11-22)17-15-19(26-4)18(25-3)14-16(17)6-12-27-20/h14-15H,5-13H2,1-4H3. The van der Waals surface area contributed by atoms with Crippen LogP contribution in [0, 0.1) is 0 Å². The minimum absolute atomic E-state index is 0.192. The van der Waals surface area contributed by atoms with E-state index in [2.05, 4.69) is 17.0 Å². The zero-order valence-electron chi connectivity index (χ0n) is 17.4. The first kappa shape index (κ1) is 21.4. The Balaban J connectivity index is 1.66. The van der Waals surface area contributed by atoms with Crippen molar-refractivity contribution in [1.82, 2.24) is 9.21 Å². The third-order valence-corrected chi connectivity index (χ3v) is 7.86. The van der Waals surface area contributed by atoms with Crippen LogP contribution in [0.3, 0.4) is 0 Å². The number of sulfonamides is 1. The van der Waals surface area contributed by atoms with E-state index in [0.717, 1.165) is 50.4 Å². The first-order valence-corrected chi connectivity index (χ1v) is 11.4. The Morgan fingerprint density at radius 3 is 2.39 bits per heavy atom. The third kappa shape index (κ3) is 4.30. The summed E-state index contributed by atoms with van der Waals surface area (Å²) in [6.45, 7) is 3.30. The maximum absolute atomic E-state index is 11.9. The quantitative estimate of drug-likeness (QED) is 0.681. The predicted octanol–water partition coefficient (Wildman–Crippen LogP) is 1.85. The Morgan fingerprint density at radius 2 is 1.79 bits per heavy atom. The Labute approximate surface area is 168 Å². The molecule has 1 fully saturated rings. The second-order valence-corrected chi connectivity index (χ2v) is 10.1. The molecular weight excluding hydrogens is 380 g/mol. The second-order valence-electron chi connectivity index (χ2n) is 7.75. The summed E-state index contributed by atoms with van der Waals surface area (Å²) in [6, 6.07) is 4.16. The molecule has 7 nitrogen and oxygen atoms in total. The van der Waals surface area contributed by atoms with Crippen molar-refractivity contribution in [3.63, 3.8) is 0 Å².